The summed E-state index contributed by atoms with van der Waals surface area (Å²) in [6.07, 6.45) is 3.26. The molecule has 1 saturated heterocycles. The molecule has 1 fully saturated rings. The van der Waals surface area contributed by atoms with E-state index in [0.717, 1.165) is 38.2 Å². The Morgan fingerprint density at radius 1 is 1.35 bits per heavy atom. The van der Waals surface area contributed by atoms with Crippen molar-refractivity contribution in [1.82, 2.24) is 0 Å². The Kier molecular flexibility index (Phi) is 4.55. The van der Waals surface area contributed by atoms with Crippen LogP contribution in [-0.2, 0) is 14.6 Å². The molecule has 0 aliphatic carbocycles. The summed E-state index contributed by atoms with van der Waals surface area (Å²) >= 11 is 0. The molecule has 1 aromatic rings. The van der Waals surface area contributed by atoms with Gasteiger partial charge in [-0.2, -0.15) is 0 Å². The van der Waals surface area contributed by atoms with E-state index in [-0.39, 0.29) is 4.90 Å². The molecular weight excluding hydrogens is 276 g/mol. The van der Waals surface area contributed by atoms with Crippen LogP contribution in [-0.4, -0.2) is 41.5 Å². The SMILES string of the molecule is COCC1CCN(c2cccc(S(C)(=O)=O)c2N)CC1. The fourth-order valence-corrected chi connectivity index (χ4v) is 3.54. The minimum absolute atomic E-state index is 0.217. The molecule has 5 nitrogen and oxygen atoms in total. The van der Waals surface area contributed by atoms with Crippen LogP contribution in [0.3, 0.4) is 0 Å². The van der Waals surface area contributed by atoms with Gasteiger partial charge in [-0.15, -0.1) is 0 Å². The first kappa shape index (κ1) is 15.1. The van der Waals surface area contributed by atoms with Crippen LogP contribution >= 0.6 is 0 Å². The summed E-state index contributed by atoms with van der Waals surface area (Å²) < 4.78 is 28.6. The van der Waals surface area contributed by atoms with Gasteiger partial charge in [-0.25, -0.2) is 8.42 Å². The maximum atomic E-state index is 11.7. The Bertz CT molecular complexity index is 564. The highest BCUT2D eigenvalue weighted by Crippen LogP contribution is 2.32. The molecule has 2 rings (SSSR count). The van der Waals surface area contributed by atoms with E-state index in [4.69, 9.17) is 10.5 Å². The van der Waals surface area contributed by atoms with Gasteiger partial charge in [0.1, 0.15) is 0 Å². The van der Waals surface area contributed by atoms with Crippen molar-refractivity contribution in [2.24, 2.45) is 5.92 Å². The average molecular weight is 298 g/mol. The lowest BCUT2D eigenvalue weighted by atomic mass is 9.97. The smallest absolute Gasteiger partial charge is 0.177 e. The van der Waals surface area contributed by atoms with Crippen LogP contribution in [0, 0.1) is 5.92 Å². The molecule has 0 radical (unpaired) electrons. The van der Waals surface area contributed by atoms with E-state index < -0.39 is 9.84 Å². The first-order valence-corrected chi connectivity index (χ1v) is 8.65. The third-order valence-corrected chi connectivity index (χ3v) is 4.96. The van der Waals surface area contributed by atoms with Gasteiger partial charge in [-0.3, -0.25) is 0 Å². The van der Waals surface area contributed by atoms with Gasteiger partial charge in [-0.1, -0.05) is 6.07 Å². The van der Waals surface area contributed by atoms with Crippen molar-refractivity contribution in [2.75, 3.05) is 43.7 Å². The van der Waals surface area contributed by atoms with Gasteiger partial charge in [0.15, 0.2) is 9.84 Å². The van der Waals surface area contributed by atoms with Crippen molar-refractivity contribution >= 4 is 21.2 Å². The highest BCUT2D eigenvalue weighted by Gasteiger charge is 2.22. The fourth-order valence-electron chi connectivity index (χ4n) is 2.71. The van der Waals surface area contributed by atoms with Crippen molar-refractivity contribution in [1.29, 1.82) is 0 Å². The Hall–Kier alpha value is -1.27. The zero-order valence-electron chi connectivity index (χ0n) is 12.0. The van der Waals surface area contributed by atoms with Gasteiger partial charge in [0.05, 0.1) is 16.3 Å². The zero-order valence-corrected chi connectivity index (χ0v) is 12.8. The lowest BCUT2D eigenvalue weighted by Crippen LogP contribution is -2.35. The molecule has 0 unspecified atom stereocenters. The molecule has 2 N–H and O–H groups in total. The Balaban J connectivity index is 2.19. The molecule has 1 aliphatic rings. The Labute approximate surface area is 120 Å². The fraction of sp³-hybridized carbons (Fsp3) is 0.571. The van der Waals surface area contributed by atoms with Crippen molar-refractivity contribution in [2.45, 2.75) is 17.7 Å². The number of ether oxygens (including phenoxy) is 1. The maximum absolute atomic E-state index is 11.7. The number of anilines is 2. The highest BCUT2D eigenvalue weighted by atomic mass is 32.2. The van der Waals surface area contributed by atoms with E-state index in [2.05, 4.69) is 4.90 Å². The minimum atomic E-state index is -3.29. The van der Waals surface area contributed by atoms with Gasteiger partial charge in [-0.05, 0) is 30.9 Å². The van der Waals surface area contributed by atoms with Gasteiger partial charge < -0.3 is 15.4 Å². The molecule has 1 heterocycles. The van der Waals surface area contributed by atoms with Crippen LogP contribution in [0.25, 0.3) is 0 Å². The molecular formula is C14H22N2O3S. The van der Waals surface area contributed by atoms with Crippen molar-refractivity contribution in [3.05, 3.63) is 18.2 Å². The van der Waals surface area contributed by atoms with E-state index >= 15 is 0 Å². The van der Waals surface area contributed by atoms with Crippen molar-refractivity contribution < 1.29 is 13.2 Å². The first-order chi connectivity index (χ1) is 9.43. The van der Waals surface area contributed by atoms with E-state index in [1.165, 1.54) is 6.26 Å². The van der Waals surface area contributed by atoms with E-state index in [9.17, 15) is 8.42 Å². The molecule has 0 bridgehead atoms. The predicted octanol–water partition coefficient (Wildman–Crippen LogP) is 1.54. The summed E-state index contributed by atoms with van der Waals surface area (Å²) in [7, 11) is -1.56. The average Bonchev–Trinajstić information content (AvgIpc) is 2.39. The van der Waals surface area contributed by atoms with Crippen LogP contribution in [0.1, 0.15) is 12.8 Å². The number of rotatable bonds is 4. The second kappa shape index (κ2) is 6.01. The van der Waals surface area contributed by atoms with Gasteiger partial charge in [0.2, 0.25) is 0 Å². The zero-order chi connectivity index (χ0) is 14.8. The molecule has 6 heteroatoms. The van der Waals surface area contributed by atoms with Crippen LogP contribution in [0.2, 0.25) is 0 Å². The highest BCUT2D eigenvalue weighted by molar-refractivity contribution is 7.90. The molecule has 0 amide bonds. The second-order valence-corrected chi connectivity index (χ2v) is 7.33. The summed E-state index contributed by atoms with van der Waals surface area (Å²) in [6.45, 7) is 2.55. The van der Waals surface area contributed by atoms with Crippen molar-refractivity contribution in [3.8, 4) is 0 Å². The number of para-hydroxylation sites is 1. The number of nitrogens with zero attached hydrogens (tertiary/aromatic N) is 1. The molecule has 0 saturated carbocycles. The largest absolute Gasteiger partial charge is 0.396 e. The summed E-state index contributed by atoms with van der Waals surface area (Å²) in [5.41, 5.74) is 7.23. The van der Waals surface area contributed by atoms with Gasteiger partial charge in [0, 0.05) is 33.1 Å². The number of piperidine rings is 1. The van der Waals surface area contributed by atoms with Gasteiger partial charge in [0.25, 0.3) is 0 Å². The van der Waals surface area contributed by atoms with Crippen LogP contribution in [0.15, 0.2) is 23.1 Å². The summed E-state index contributed by atoms with van der Waals surface area (Å²) in [4.78, 5) is 2.38. The Morgan fingerprint density at radius 3 is 2.55 bits per heavy atom. The number of nitrogens with two attached hydrogens (primary N) is 1. The number of sulfone groups is 1. The standard InChI is InChI=1S/C14H22N2O3S/c1-19-10-11-6-8-16(9-7-11)12-4-3-5-13(14(12)15)20(2,17)18/h3-5,11H,6-10,15H2,1-2H3. The molecule has 112 valence electrons. The molecule has 0 aromatic heterocycles. The van der Waals surface area contributed by atoms with E-state index in [1.807, 2.05) is 6.07 Å². The predicted molar refractivity (Wildman–Crippen MR) is 80.8 cm³/mol. The summed E-state index contributed by atoms with van der Waals surface area (Å²) in [5.74, 6) is 0.579. The molecule has 0 spiro atoms. The molecule has 0 atom stereocenters. The third kappa shape index (κ3) is 3.24. The number of benzene rings is 1. The van der Waals surface area contributed by atoms with Crippen LogP contribution in [0.5, 0.6) is 0 Å². The molecule has 20 heavy (non-hydrogen) atoms. The summed E-state index contributed by atoms with van der Waals surface area (Å²) in [5, 5.41) is 0. The van der Waals surface area contributed by atoms with Gasteiger partial charge >= 0.3 is 0 Å². The first-order valence-electron chi connectivity index (χ1n) is 6.76. The molecule has 1 aliphatic heterocycles. The van der Waals surface area contributed by atoms with E-state index in [0.29, 0.717) is 11.6 Å². The Morgan fingerprint density at radius 2 is 2.00 bits per heavy atom. The minimum Gasteiger partial charge on any atom is -0.396 e. The van der Waals surface area contributed by atoms with Crippen molar-refractivity contribution in [3.63, 3.8) is 0 Å². The monoisotopic (exact) mass is 298 g/mol. The lowest BCUT2D eigenvalue weighted by molar-refractivity contribution is 0.139. The number of hydrogen-bond donors (Lipinski definition) is 1. The lowest BCUT2D eigenvalue weighted by Gasteiger charge is -2.34. The normalized spacial score (nSPS) is 17.4. The van der Waals surface area contributed by atoms with E-state index in [1.54, 1.807) is 19.2 Å². The number of methoxy groups -OCH3 is 1. The summed E-state index contributed by atoms with van der Waals surface area (Å²) in [6, 6.07) is 5.20. The topological polar surface area (TPSA) is 72.6 Å². The second-order valence-electron chi connectivity index (χ2n) is 5.35. The number of nitrogen functional groups attached to an aromatic ring is 1. The maximum Gasteiger partial charge on any atom is 0.177 e. The third-order valence-electron chi connectivity index (χ3n) is 3.80. The quantitative estimate of drug-likeness (QED) is 0.854. The van der Waals surface area contributed by atoms with Crippen LogP contribution < -0.4 is 10.6 Å². The van der Waals surface area contributed by atoms with Crippen LogP contribution in [0.4, 0.5) is 11.4 Å². The number of hydrogen-bond acceptors (Lipinski definition) is 5. The molecule has 1 aromatic carbocycles.